The van der Waals surface area contributed by atoms with Gasteiger partial charge in [-0.1, -0.05) is 18.5 Å². The highest BCUT2D eigenvalue weighted by atomic mass is 35.5. The Morgan fingerprint density at radius 1 is 1.39 bits per heavy atom. The number of ketones is 2. The first-order valence-corrected chi connectivity index (χ1v) is 8.99. The van der Waals surface area contributed by atoms with Gasteiger partial charge < -0.3 is 25.3 Å². The van der Waals surface area contributed by atoms with Crippen molar-refractivity contribution in [3.63, 3.8) is 0 Å². The molecule has 0 unspecified atom stereocenters. The van der Waals surface area contributed by atoms with Gasteiger partial charge >= 0.3 is 0 Å². The van der Waals surface area contributed by atoms with E-state index in [0.29, 0.717) is 0 Å². The van der Waals surface area contributed by atoms with E-state index in [2.05, 4.69) is 5.32 Å². The lowest BCUT2D eigenvalue weighted by molar-refractivity contribution is -0.116. The van der Waals surface area contributed by atoms with Crippen molar-refractivity contribution in [1.29, 1.82) is 5.41 Å². The van der Waals surface area contributed by atoms with Crippen LogP contribution in [0.3, 0.4) is 0 Å². The number of phenols is 1. The van der Waals surface area contributed by atoms with Crippen molar-refractivity contribution in [3.8, 4) is 11.5 Å². The summed E-state index contributed by atoms with van der Waals surface area (Å²) in [7, 11) is 4.43. The molecule has 1 aliphatic rings. The van der Waals surface area contributed by atoms with E-state index in [1.165, 1.54) is 38.6 Å². The topological polar surface area (TPSA) is 109 Å². The number of ether oxygens (including phenoxy) is 2. The number of Topliss-reactive ketones (excluding diaryl/α,β-unsaturated/α-hetero) is 1. The number of allylic oxidation sites excluding steroid dienone is 3. The molecule has 0 radical (unpaired) electrons. The van der Waals surface area contributed by atoms with Gasteiger partial charge in [-0.25, -0.2) is 0 Å². The number of halogens is 1. The molecular weight excluding hydrogens is 384 g/mol. The van der Waals surface area contributed by atoms with Crippen LogP contribution in [0.1, 0.15) is 29.3 Å². The first-order chi connectivity index (χ1) is 13.3. The predicted octanol–water partition coefficient (Wildman–Crippen LogP) is 3.09. The van der Waals surface area contributed by atoms with E-state index in [9.17, 15) is 14.7 Å². The normalized spacial score (nSPS) is 19.3. The van der Waals surface area contributed by atoms with E-state index in [-0.39, 0.29) is 51.5 Å². The van der Waals surface area contributed by atoms with Gasteiger partial charge in [-0.3, -0.25) is 9.59 Å². The molecule has 3 N–H and O–H groups in total. The second-order valence-electron chi connectivity index (χ2n) is 6.44. The van der Waals surface area contributed by atoms with Gasteiger partial charge in [-0.05, 0) is 24.3 Å². The number of benzene rings is 1. The molecule has 0 saturated carbocycles. The monoisotopic (exact) mass is 406 g/mol. The van der Waals surface area contributed by atoms with Gasteiger partial charge in [-0.15, -0.1) is 0 Å². The summed E-state index contributed by atoms with van der Waals surface area (Å²) in [4.78, 5) is 25.1. The summed E-state index contributed by atoms with van der Waals surface area (Å²) in [5.41, 5.74) is 0.144. The van der Waals surface area contributed by atoms with E-state index in [1.807, 2.05) is 0 Å². The first-order valence-electron chi connectivity index (χ1n) is 8.61. The fourth-order valence-electron chi connectivity index (χ4n) is 3.22. The fraction of sp³-hybridized carbons (Fsp3) is 0.350. The lowest BCUT2D eigenvalue weighted by Crippen LogP contribution is -2.31. The van der Waals surface area contributed by atoms with Crippen LogP contribution in [0.2, 0.25) is 5.02 Å². The van der Waals surface area contributed by atoms with Gasteiger partial charge in [-0.2, -0.15) is 0 Å². The molecule has 0 aliphatic heterocycles. The van der Waals surface area contributed by atoms with Crippen LogP contribution in [0.15, 0.2) is 30.2 Å². The second kappa shape index (κ2) is 8.93. The van der Waals surface area contributed by atoms with Crippen molar-refractivity contribution < 1.29 is 24.2 Å². The highest BCUT2D eigenvalue weighted by molar-refractivity contribution is 6.37. The number of hydrogen-bond donors (Lipinski definition) is 3. The number of hydrogen-bond acceptors (Lipinski definition) is 7. The molecule has 2 rings (SSSR count). The highest BCUT2D eigenvalue weighted by Crippen LogP contribution is 2.42. The van der Waals surface area contributed by atoms with Crippen LogP contribution in [0.4, 0.5) is 0 Å². The minimum absolute atomic E-state index is 0.0288. The molecule has 28 heavy (non-hydrogen) atoms. The molecule has 0 aromatic heterocycles. The lowest BCUT2D eigenvalue weighted by Gasteiger charge is -2.28. The Balaban J connectivity index is 2.59. The van der Waals surface area contributed by atoms with Crippen molar-refractivity contribution >= 4 is 28.9 Å². The molecule has 1 aliphatic carbocycles. The molecule has 1 aromatic rings. The summed E-state index contributed by atoms with van der Waals surface area (Å²) in [6.45, 7) is 1.77. The molecule has 8 heteroatoms. The minimum Gasteiger partial charge on any atom is -0.505 e. The molecule has 2 atom stereocenters. The third kappa shape index (κ3) is 4.04. The van der Waals surface area contributed by atoms with E-state index >= 15 is 0 Å². The van der Waals surface area contributed by atoms with Crippen LogP contribution < -0.4 is 10.1 Å². The summed E-state index contributed by atoms with van der Waals surface area (Å²) in [6, 6.07) is 1.44. The third-order valence-corrected chi connectivity index (χ3v) is 4.98. The summed E-state index contributed by atoms with van der Waals surface area (Å²) in [5.74, 6) is -1.81. The Bertz CT molecular complexity index is 876. The number of methoxy groups -OCH3 is 2. The van der Waals surface area contributed by atoms with Crippen molar-refractivity contribution in [2.45, 2.75) is 13.3 Å². The molecule has 150 valence electrons. The van der Waals surface area contributed by atoms with Crippen molar-refractivity contribution in [3.05, 3.63) is 46.3 Å². The molecule has 0 spiro atoms. The largest absolute Gasteiger partial charge is 0.505 e. The molecule has 0 saturated heterocycles. The summed E-state index contributed by atoms with van der Waals surface area (Å²) in [6.07, 6.45) is 4.50. The molecule has 7 nitrogen and oxygen atoms in total. The predicted molar refractivity (Wildman–Crippen MR) is 106 cm³/mol. The van der Waals surface area contributed by atoms with Crippen molar-refractivity contribution in [1.82, 2.24) is 5.32 Å². The molecule has 0 fully saturated rings. The minimum atomic E-state index is -0.756. The average Bonchev–Trinajstić information content (AvgIpc) is 2.66. The van der Waals surface area contributed by atoms with E-state index in [4.69, 9.17) is 26.5 Å². The molecule has 0 amide bonds. The Morgan fingerprint density at radius 3 is 2.64 bits per heavy atom. The standard InChI is InChI=1S/C20H23ClN2O5/c1-10-7-11(24)8-14(27-3)16(10)19(25)17-15(28-4)9-12(18(21)20(17)26)13(22)5-6-23-2/h5-6,8-10,16,22-23,26H,7H2,1-4H3/b6-5-,22-13?/t10-,16-/m1/s1. The number of phenolic OH excluding ortho intramolecular Hbond substituents is 1. The quantitative estimate of drug-likeness (QED) is 0.474. The zero-order valence-electron chi connectivity index (χ0n) is 16.1. The SMILES string of the molecule is CN/C=C\C(=N)c1cc(OC)c(C(=O)[C@H]2C(OC)=CC(=O)C[C@H]2C)c(O)c1Cl. The van der Waals surface area contributed by atoms with Crippen LogP contribution in [0, 0.1) is 17.2 Å². The number of nitrogens with one attached hydrogen (secondary N) is 2. The van der Waals surface area contributed by atoms with Crippen LogP contribution in [0.25, 0.3) is 0 Å². The summed E-state index contributed by atoms with van der Waals surface area (Å²) < 4.78 is 10.6. The zero-order chi connectivity index (χ0) is 21.0. The Kier molecular flexibility index (Phi) is 6.85. The van der Waals surface area contributed by atoms with Crippen LogP contribution >= 0.6 is 11.6 Å². The average molecular weight is 407 g/mol. The van der Waals surface area contributed by atoms with Gasteiger partial charge in [0.15, 0.2) is 11.6 Å². The van der Waals surface area contributed by atoms with Crippen LogP contribution in [-0.2, 0) is 9.53 Å². The van der Waals surface area contributed by atoms with Crippen molar-refractivity contribution in [2.75, 3.05) is 21.3 Å². The van der Waals surface area contributed by atoms with Gasteiger partial charge in [0, 0.05) is 25.1 Å². The van der Waals surface area contributed by atoms with E-state index < -0.39 is 17.5 Å². The highest BCUT2D eigenvalue weighted by Gasteiger charge is 2.38. The Labute approximate surface area is 168 Å². The van der Waals surface area contributed by atoms with Crippen LogP contribution in [-0.4, -0.2) is 43.7 Å². The molecule has 1 aromatic carbocycles. The Morgan fingerprint density at radius 2 is 2.07 bits per heavy atom. The number of carbonyl (C=O) groups excluding carboxylic acids is 2. The van der Waals surface area contributed by atoms with E-state index in [1.54, 1.807) is 14.0 Å². The van der Waals surface area contributed by atoms with Crippen molar-refractivity contribution in [2.24, 2.45) is 11.8 Å². The molecule has 0 bridgehead atoms. The number of aromatic hydroxyl groups is 1. The van der Waals surface area contributed by atoms with Gasteiger partial charge in [0.2, 0.25) is 0 Å². The maximum atomic E-state index is 13.3. The fourth-order valence-corrected chi connectivity index (χ4v) is 3.48. The number of carbonyl (C=O) groups is 2. The van der Waals surface area contributed by atoms with Gasteiger partial charge in [0.05, 0.1) is 30.9 Å². The van der Waals surface area contributed by atoms with Gasteiger partial charge in [0.1, 0.15) is 22.8 Å². The maximum Gasteiger partial charge on any atom is 0.181 e. The molecular formula is C20H23ClN2O5. The second-order valence-corrected chi connectivity index (χ2v) is 6.82. The summed E-state index contributed by atoms with van der Waals surface area (Å²) >= 11 is 6.26. The lowest BCUT2D eigenvalue weighted by atomic mass is 9.78. The first kappa shape index (κ1) is 21.5. The maximum absolute atomic E-state index is 13.3. The Hall–Kier alpha value is -2.80. The van der Waals surface area contributed by atoms with Gasteiger partial charge in [0.25, 0.3) is 0 Å². The smallest absolute Gasteiger partial charge is 0.181 e. The zero-order valence-corrected chi connectivity index (χ0v) is 16.9. The summed E-state index contributed by atoms with van der Waals surface area (Å²) in [5, 5.41) is 21.4. The molecule has 0 heterocycles. The number of rotatable bonds is 7. The van der Waals surface area contributed by atoms with E-state index in [0.717, 1.165) is 0 Å². The van der Waals surface area contributed by atoms with Crippen LogP contribution in [0.5, 0.6) is 11.5 Å². The third-order valence-electron chi connectivity index (χ3n) is 4.60.